The highest BCUT2D eigenvalue weighted by atomic mass is 16.4. The molecule has 0 aliphatic rings. The summed E-state index contributed by atoms with van der Waals surface area (Å²) in [6, 6.07) is 7.17. The maximum Gasteiger partial charge on any atom is 0.317 e. The summed E-state index contributed by atoms with van der Waals surface area (Å²) < 4.78 is 0. The molecule has 7 heteroatoms. The molecule has 0 heterocycles. The highest BCUT2D eigenvalue weighted by molar-refractivity contribution is 5.92. The zero-order valence-corrected chi connectivity index (χ0v) is 11.7. The van der Waals surface area contributed by atoms with Gasteiger partial charge in [-0.3, -0.25) is 19.3 Å². The van der Waals surface area contributed by atoms with Crippen LogP contribution in [-0.4, -0.2) is 52.6 Å². The number of carbonyl (C=O) groups is 3. The van der Waals surface area contributed by atoms with Gasteiger partial charge in [0.25, 0.3) is 0 Å². The number of benzene rings is 1. The quantitative estimate of drug-likeness (QED) is 0.654. The summed E-state index contributed by atoms with van der Waals surface area (Å²) in [5.74, 6) is -2.53. The SMILES string of the molecule is Cc1ccc(NC(=O)CN(CCC(=O)O)CC(=O)O)cc1. The van der Waals surface area contributed by atoms with Crippen molar-refractivity contribution in [1.82, 2.24) is 4.90 Å². The van der Waals surface area contributed by atoms with Crippen LogP contribution in [0.4, 0.5) is 5.69 Å². The number of hydrogen-bond acceptors (Lipinski definition) is 4. The molecule has 21 heavy (non-hydrogen) atoms. The normalized spacial score (nSPS) is 10.4. The standard InChI is InChI=1S/C14H18N2O5/c1-10-2-4-11(5-3-10)15-12(17)8-16(9-14(20)21)7-6-13(18)19/h2-5H,6-9H2,1H3,(H,15,17)(H,18,19)(H,20,21). The van der Waals surface area contributed by atoms with E-state index in [0.29, 0.717) is 5.69 Å². The fourth-order valence-corrected chi connectivity index (χ4v) is 1.70. The Morgan fingerprint density at radius 1 is 1.05 bits per heavy atom. The minimum atomic E-state index is -1.11. The molecule has 1 aromatic rings. The van der Waals surface area contributed by atoms with Crippen molar-refractivity contribution in [2.24, 2.45) is 0 Å². The Morgan fingerprint density at radius 2 is 1.67 bits per heavy atom. The van der Waals surface area contributed by atoms with E-state index in [9.17, 15) is 14.4 Å². The van der Waals surface area contributed by atoms with Crippen LogP contribution in [0.5, 0.6) is 0 Å². The Bertz CT molecular complexity index is 513. The van der Waals surface area contributed by atoms with Gasteiger partial charge in [-0.25, -0.2) is 0 Å². The zero-order valence-electron chi connectivity index (χ0n) is 11.7. The van der Waals surface area contributed by atoms with Crippen LogP contribution in [0.2, 0.25) is 0 Å². The molecule has 114 valence electrons. The Hall–Kier alpha value is -2.41. The summed E-state index contributed by atoms with van der Waals surface area (Å²) in [7, 11) is 0. The van der Waals surface area contributed by atoms with Crippen molar-refractivity contribution in [1.29, 1.82) is 0 Å². The molecule has 0 spiro atoms. The lowest BCUT2D eigenvalue weighted by Gasteiger charge is -2.18. The largest absolute Gasteiger partial charge is 0.481 e. The number of carbonyl (C=O) groups excluding carboxylic acids is 1. The molecule has 1 amide bonds. The van der Waals surface area contributed by atoms with Gasteiger partial charge in [-0.2, -0.15) is 0 Å². The van der Waals surface area contributed by atoms with Gasteiger partial charge in [-0.15, -0.1) is 0 Å². The lowest BCUT2D eigenvalue weighted by atomic mass is 10.2. The van der Waals surface area contributed by atoms with Gasteiger partial charge in [0, 0.05) is 12.2 Å². The first-order chi connectivity index (χ1) is 9.86. The van der Waals surface area contributed by atoms with Crippen LogP contribution < -0.4 is 5.32 Å². The van der Waals surface area contributed by atoms with Crippen LogP contribution in [0.3, 0.4) is 0 Å². The summed E-state index contributed by atoms with van der Waals surface area (Å²) in [6.45, 7) is 1.37. The van der Waals surface area contributed by atoms with E-state index < -0.39 is 11.9 Å². The fourth-order valence-electron chi connectivity index (χ4n) is 1.70. The van der Waals surface area contributed by atoms with Crippen molar-refractivity contribution >= 4 is 23.5 Å². The Kier molecular flexibility index (Phi) is 6.35. The smallest absolute Gasteiger partial charge is 0.317 e. The van der Waals surface area contributed by atoms with Crippen molar-refractivity contribution in [3.05, 3.63) is 29.8 Å². The summed E-state index contributed by atoms with van der Waals surface area (Å²) in [4.78, 5) is 34.4. The van der Waals surface area contributed by atoms with Crippen LogP contribution in [0.25, 0.3) is 0 Å². The number of amides is 1. The number of aliphatic carboxylic acids is 2. The number of nitrogens with zero attached hydrogens (tertiary/aromatic N) is 1. The summed E-state index contributed by atoms with van der Waals surface area (Å²) >= 11 is 0. The van der Waals surface area contributed by atoms with E-state index in [1.54, 1.807) is 12.1 Å². The van der Waals surface area contributed by atoms with Gasteiger partial charge in [0.05, 0.1) is 19.5 Å². The van der Waals surface area contributed by atoms with E-state index in [1.165, 1.54) is 4.90 Å². The van der Waals surface area contributed by atoms with E-state index in [4.69, 9.17) is 10.2 Å². The topological polar surface area (TPSA) is 107 Å². The molecule has 0 aliphatic carbocycles. The first-order valence-corrected chi connectivity index (χ1v) is 6.39. The monoisotopic (exact) mass is 294 g/mol. The van der Waals surface area contributed by atoms with Gasteiger partial charge in [0.15, 0.2) is 0 Å². The van der Waals surface area contributed by atoms with Gasteiger partial charge in [-0.05, 0) is 19.1 Å². The first-order valence-electron chi connectivity index (χ1n) is 6.39. The third-order valence-corrected chi connectivity index (χ3v) is 2.70. The number of nitrogens with one attached hydrogen (secondary N) is 1. The third kappa shape index (κ3) is 7.07. The Labute approximate surface area is 122 Å². The third-order valence-electron chi connectivity index (χ3n) is 2.70. The van der Waals surface area contributed by atoms with Crippen molar-refractivity contribution in [3.63, 3.8) is 0 Å². The average Bonchev–Trinajstić information content (AvgIpc) is 2.38. The van der Waals surface area contributed by atoms with Crippen LogP contribution in [0, 0.1) is 6.92 Å². The summed E-state index contributed by atoms with van der Waals surface area (Å²) in [5.41, 5.74) is 1.67. The molecule has 3 N–H and O–H groups in total. The van der Waals surface area contributed by atoms with Gasteiger partial charge in [0.1, 0.15) is 0 Å². The molecule has 0 radical (unpaired) electrons. The molecule has 0 saturated heterocycles. The molecule has 0 saturated carbocycles. The fraction of sp³-hybridized carbons (Fsp3) is 0.357. The highest BCUT2D eigenvalue weighted by Crippen LogP contribution is 2.08. The van der Waals surface area contributed by atoms with Gasteiger partial charge in [0.2, 0.25) is 5.91 Å². The number of carboxylic acid groups (broad SMARTS) is 2. The number of hydrogen-bond donors (Lipinski definition) is 3. The van der Waals surface area contributed by atoms with E-state index in [-0.39, 0.29) is 32.0 Å². The molecule has 0 unspecified atom stereocenters. The van der Waals surface area contributed by atoms with Crippen LogP contribution in [0.15, 0.2) is 24.3 Å². The second-order valence-electron chi connectivity index (χ2n) is 4.66. The maximum atomic E-state index is 11.8. The van der Waals surface area contributed by atoms with Crippen molar-refractivity contribution in [2.75, 3.05) is 25.0 Å². The number of aryl methyl sites for hydroxylation is 1. The molecule has 1 rings (SSSR count). The van der Waals surface area contributed by atoms with E-state index in [2.05, 4.69) is 5.32 Å². The maximum absolute atomic E-state index is 11.8. The number of carboxylic acids is 2. The molecule has 0 fully saturated rings. The van der Waals surface area contributed by atoms with E-state index in [0.717, 1.165) is 5.56 Å². The Morgan fingerprint density at radius 3 is 2.19 bits per heavy atom. The molecule has 0 aliphatic heterocycles. The molecule has 0 bridgehead atoms. The first kappa shape index (κ1) is 16.6. The lowest BCUT2D eigenvalue weighted by Crippen LogP contribution is -2.38. The molecular weight excluding hydrogens is 276 g/mol. The molecule has 0 aromatic heterocycles. The Balaban J connectivity index is 2.55. The molecule has 7 nitrogen and oxygen atoms in total. The summed E-state index contributed by atoms with van der Waals surface area (Å²) in [5, 5.41) is 20.0. The van der Waals surface area contributed by atoms with Crippen LogP contribution >= 0.6 is 0 Å². The van der Waals surface area contributed by atoms with Crippen molar-refractivity contribution in [3.8, 4) is 0 Å². The van der Waals surface area contributed by atoms with Crippen molar-refractivity contribution in [2.45, 2.75) is 13.3 Å². The number of anilines is 1. The van der Waals surface area contributed by atoms with E-state index >= 15 is 0 Å². The van der Waals surface area contributed by atoms with Crippen LogP contribution in [-0.2, 0) is 14.4 Å². The van der Waals surface area contributed by atoms with Crippen LogP contribution in [0.1, 0.15) is 12.0 Å². The van der Waals surface area contributed by atoms with Gasteiger partial charge >= 0.3 is 11.9 Å². The minimum absolute atomic E-state index is 0.00293. The van der Waals surface area contributed by atoms with Crippen molar-refractivity contribution < 1.29 is 24.6 Å². The predicted molar refractivity (Wildman–Crippen MR) is 76.1 cm³/mol. The summed E-state index contributed by atoms with van der Waals surface area (Å²) in [6.07, 6.45) is -0.217. The predicted octanol–water partition coefficient (Wildman–Crippen LogP) is 0.795. The zero-order chi connectivity index (χ0) is 15.8. The second-order valence-corrected chi connectivity index (χ2v) is 4.66. The molecule has 1 aromatic carbocycles. The minimum Gasteiger partial charge on any atom is -0.481 e. The van der Waals surface area contributed by atoms with Gasteiger partial charge < -0.3 is 15.5 Å². The lowest BCUT2D eigenvalue weighted by molar-refractivity contribution is -0.141. The molecular formula is C14H18N2O5. The second kappa shape index (κ2) is 8.01. The van der Waals surface area contributed by atoms with E-state index in [1.807, 2.05) is 19.1 Å². The molecule has 0 atom stereocenters. The van der Waals surface area contributed by atoms with Gasteiger partial charge in [-0.1, -0.05) is 17.7 Å². The average molecular weight is 294 g/mol. The number of rotatable bonds is 8. The highest BCUT2D eigenvalue weighted by Gasteiger charge is 2.15.